The van der Waals surface area contributed by atoms with Crippen LogP contribution >= 0.6 is 23.2 Å². The van der Waals surface area contributed by atoms with E-state index in [4.69, 9.17) is 23.2 Å². The number of aromatic hydroxyl groups is 1. The Bertz CT molecular complexity index is 235. The third-order valence-corrected chi connectivity index (χ3v) is 1.82. The predicted octanol–water partition coefficient (Wildman–Crippen LogP) is 3.03. The van der Waals surface area contributed by atoms with Gasteiger partial charge in [-0.05, 0) is 13.2 Å². The number of hydrogen-bond acceptors (Lipinski definition) is 0. The lowest BCUT2D eigenvalue weighted by molar-refractivity contribution is 0.186. The van der Waals surface area contributed by atoms with Crippen LogP contribution in [-0.2, 0) is 0 Å². The minimum Gasteiger partial charge on any atom is -0.722 e. The summed E-state index contributed by atoms with van der Waals surface area (Å²) in [5.41, 5.74) is 0. The van der Waals surface area contributed by atoms with E-state index in [0.717, 1.165) is 5.75 Å². The lowest BCUT2D eigenvalue weighted by atomic mass is 10.3. The highest BCUT2D eigenvalue weighted by Crippen LogP contribution is 2.26. The van der Waals surface area contributed by atoms with E-state index in [2.05, 4.69) is 11.8 Å². The van der Waals surface area contributed by atoms with E-state index in [0.29, 0.717) is 10.0 Å². The fourth-order valence-electron chi connectivity index (χ4n) is 0.583. The summed E-state index contributed by atoms with van der Waals surface area (Å²) in [4.78, 5) is 0. The predicted molar refractivity (Wildman–Crippen MR) is 43.5 cm³/mol. The summed E-state index contributed by atoms with van der Waals surface area (Å²) in [6.07, 6.45) is 0. The molecule has 0 saturated heterocycles. The Morgan fingerprint density at radius 2 is 1.90 bits per heavy atom. The van der Waals surface area contributed by atoms with Gasteiger partial charge in [0, 0.05) is 6.07 Å². The summed E-state index contributed by atoms with van der Waals surface area (Å²) in [5.74, 6) is 0.731. The molecule has 0 aromatic heterocycles. The first kappa shape index (κ1) is 7.70. The van der Waals surface area contributed by atoms with Crippen molar-refractivity contribution >= 4 is 23.2 Å². The molecule has 0 saturated carbocycles. The van der Waals surface area contributed by atoms with E-state index in [1.165, 1.54) is 0 Å². The Morgan fingerprint density at radius 3 is 2.40 bits per heavy atom. The molecule has 1 nitrogen and oxygen atoms in total. The largest absolute Gasteiger partial charge is 0.722 e. The van der Waals surface area contributed by atoms with Gasteiger partial charge in [-0.15, -0.1) is 0 Å². The van der Waals surface area contributed by atoms with Gasteiger partial charge in [0.2, 0.25) is 5.75 Å². The zero-order valence-corrected chi connectivity index (χ0v) is 6.65. The van der Waals surface area contributed by atoms with Crippen molar-refractivity contribution < 1.29 is 4.74 Å². The van der Waals surface area contributed by atoms with Crippen molar-refractivity contribution in [2.45, 2.75) is 0 Å². The molecule has 0 amide bonds. The van der Waals surface area contributed by atoms with Crippen molar-refractivity contribution in [2.24, 2.45) is 0 Å². The molecule has 0 atom stereocenters. The Hall–Kier alpha value is -0.400. The zero-order chi connectivity index (χ0) is 7.56. The van der Waals surface area contributed by atoms with Gasteiger partial charge in [-0.1, -0.05) is 23.2 Å². The second-order valence-corrected chi connectivity index (χ2v) is 2.57. The highest BCUT2D eigenvalue weighted by molar-refractivity contribution is 6.42. The summed E-state index contributed by atoms with van der Waals surface area (Å²) in [7, 11) is 3.35. The van der Waals surface area contributed by atoms with Crippen LogP contribution in [0.15, 0.2) is 18.2 Å². The molecule has 0 aliphatic rings. The van der Waals surface area contributed by atoms with Gasteiger partial charge in [0.15, 0.2) is 0 Å². The van der Waals surface area contributed by atoms with Crippen LogP contribution in [0.1, 0.15) is 0 Å². The lowest BCUT2D eigenvalue weighted by Gasteiger charge is -2.02. The molecule has 1 aromatic carbocycles. The van der Waals surface area contributed by atoms with Crippen molar-refractivity contribution in [1.82, 2.24) is 0 Å². The van der Waals surface area contributed by atoms with Gasteiger partial charge in [-0.2, -0.15) is 0 Å². The zero-order valence-electron chi connectivity index (χ0n) is 5.14. The van der Waals surface area contributed by atoms with E-state index in [-0.39, 0.29) is 0 Å². The molecule has 1 N–H and O–H groups in total. The van der Waals surface area contributed by atoms with Crippen LogP contribution in [0, 0.1) is 7.11 Å². The maximum atomic E-state index is 5.67. The minimum atomic E-state index is 0.506. The van der Waals surface area contributed by atoms with Gasteiger partial charge >= 0.3 is 0 Å². The molecule has 0 aliphatic carbocycles. The third kappa shape index (κ3) is 1.55. The van der Waals surface area contributed by atoms with Crippen molar-refractivity contribution in [3.05, 3.63) is 35.4 Å². The summed E-state index contributed by atoms with van der Waals surface area (Å²) >= 11 is 11.3. The molecule has 0 unspecified atom stereocenters. The fraction of sp³-hybridized carbons (Fsp3) is 0. The molecule has 0 fully saturated rings. The number of rotatable bonds is 1. The Kier molecular flexibility index (Phi) is 2.41. The number of aliphatic hydroxyl groups is 1. The summed E-state index contributed by atoms with van der Waals surface area (Å²) < 4.78 is 3.68. The normalized spacial score (nSPS) is 9.50. The molecule has 10 heavy (non-hydrogen) atoms. The lowest BCUT2D eigenvalue weighted by Crippen LogP contribution is -1.74. The van der Waals surface area contributed by atoms with Gasteiger partial charge < -0.3 is 4.74 Å². The quantitative estimate of drug-likeness (QED) is 0.462. The molecule has 0 heterocycles. The minimum absolute atomic E-state index is 0.506. The smallest absolute Gasteiger partial charge is 0.227 e. The Morgan fingerprint density at radius 1 is 1.20 bits per heavy atom. The van der Waals surface area contributed by atoms with Crippen LogP contribution in [0.25, 0.3) is 0 Å². The molecule has 54 valence electrons. The van der Waals surface area contributed by atoms with E-state index in [1.807, 2.05) is 0 Å². The van der Waals surface area contributed by atoms with Crippen LogP contribution in [0.5, 0.6) is 5.75 Å². The second-order valence-electron chi connectivity index (χ2n) is 1.76. The molecule has 1 aromatic rings. The van der Waals surface area contributed by atoms with Gasteiger partial charge in [0.05, 0.1) is 16.1 Å². The van der Waals surface area contributed by atoms with Crippen LogP contribution in [0.4, 0.5) is 0 Å². The third-order valence-electron chi connectivity index (χ3n) is 1.09. The topological polar surface area (TPSA) is 12.8 Å². The molecule has 3 heteroatoms. The fourth-order valence-corrected chi connectivity index (χ4v) is 0.876. The number of benzene rings is 1. The maximum absolute atomic E-state index is 5.67. The summed E-state index contributed by atoms with van der Waals surface area (Å²) in [5, 5.41) is 1.04. The van der Waals surface area contributed by atoms with Gasteiger partial charge in [-0.3, -0.25) is 0 Å². The molecule has 0 aliphatic heterocycles. The first-order chi connectivity index (χ1) is 4.74. The summed E-state index contributed by atoms with van der Waals surface area (Å²) in [6, 6.07) is 5.10. The second kappa shape index (κ2) is 3.13. The van der Waals surface area contributed by atoms with Crippen LogP contribution in [-0.4, -0.2) is 4.74 Å². The van der Waals surface area contributed by atoms with E-state index in [9.17, 15) is 0 Å². The number of ether oxygens (including phenoxy) is 1. The molecule has 1 rings (SSSR count). The van der Waals surface area contributed by atoms with Crippen molar-refractivity contribution in [3.63, 3.8) is 0 Å². The van der Waals surface area contributed by atoms with Crippen molar-refractivity contribution in [1.29, 1.82) is 0 Å². The van der Waals surface area contributed by atoms with Gasteiger partial charge in [-0.25, -0.2) is 0 Å². The monoisotopic (exact) mass is 176 g/mol. The Labute approximate surface area is 69.5 Å². The SMILES string of the molecule is [CH2-][OH+]c1ccc(Cl)c(Cl)c1. The van der Waals surface area contributed by atoms with Crippen molar-refractivity contribution in [3.8, 4) is 5.75 Å². The first-order valence-corrected chi connectivity index (χ1v) is 3.41. The first-order valence-electron chi connectivity index (χ1n) is 2.66. The number of hydrogen-bond donors (Lipinski definition) is 0. The average molecular weight is 177 g/mol. The Balaban J connectivity index is 3.04. The molecule has 0 spiro atoms. The highest BCUT2D eigenvalue weighted by atomic mass is 35.5. The maximum Gasteiger partial charge on any atom is 0.227 e. The molecule has 0 bridgehead atoms. The van der Waals surface area contributed by atoms with Gasteiger partial charge in [0.25, 0.3) is 0 Å². The molecular formula is C7H6Cl2O. The van der Waals surface area contributed by atoms with Crippen LogP contribution < -0.4 is 0 Å². The highest BCUT2D eigenvalue weighted by Gasteiger charge is 1.99. The summed E-state index contributed by atoms with van der Waals surface area (Å²) in [6.45, 7) is 0. The standard InChI is InChI=1S/C7H6Cl2O/c1-10-5-2-3-6(8)7(9)4-5/h2-4,10H,1H2. The van der Waals surface area contributed by atoms with E-state index in [1.54, 1.807) is 18.2 Å². The van der Waals surface area contributed by atoms with Crippen LogP contribution in [0.2, 0.25) is 10.0 Å². The van der Waals surface area contributed by atoms with Crippen LogP contribution in [0.3, 0.4) is 0 Å². The number of halogens is 2. The van der Waals surface area contributed by atoms with E-state index >= 15 is 0 Å². The molecular weight excluding hydrogens is 171 g/mol. The molecule has 0 radical (unpaired) electrons. The van der Waals surface area contributed by atoms with Gasteiger partial charge in [0.1, 0.15) is 0 Å². The van der Waals surface area contributed by atoms with E-state index < -0.39 is 0 Å². The van der Waals surface area contributed by atoms with Crippen molar-refractivity contribution in [2.75, 3.05) is 0 Å². The average Bonchev–Trinajstić information content (AvgIpc) is 1.95.